The molecule has 0 saturated carbocycles. The molecule has 0 radical (unpaired) electrons. The first-order chi connectivity index (χ1) is 11.8. The first kappa shape index (κ1) is 15.6. The van der Waals surface area contributed by atoms with Gasteiger partial charge in [-0.15, -0.1) is 0 Å². The topological polar surface area (TPSA) is 74.7 Å². The number of para-hydroxylation sites is 1. The van der Waals surface area contributed by atoms with Crippen LogP contribution in [0.15, 0.2) is 63.7 Å². The van der Waals surface area contributed by atoms with Gasteiger partial charge in [0.2, 0.25) is 5.76 Å². The molecule has 0 amide bonds. The van der Waals surface area contributed by atoms with Crippen LogP contribution in [0.25, 0.3) is 17.6 Å². The number of aromatic nitrogens is 1. The Balaban J connectivity index is 1.57. The molecule has 6 heteroatoms. The summed E-state index contributed by atoms with van der Waals surface area (Å²) in [6.07, 6.45) is 4.52. The predicted octanol–water partition coefficient (Wildman–Crippen LogP) is 3.70. The summed E-state index contributed by atoms with van der Waals surface area (Å²) in [5.74, 6) is 1.25. The Labute approximate surface area is 138 Å². The molecule has 0 aliphatic rings. The van der Waals surface area contributed by atoms with Gasteiger partial charge >= 0.3 is 5.97 Å². The Morgan fingerprint density at radius 2 is 2.08 bits per heavy atom. The molecule has 6 nitrogen and oxygen atoms in total. The van der Waals surface area contributed by atoms with Crippen molar-refractivity contribution in [3.63, 3.8) is 0 Å². The number of carbonyl (C=O) groups is 1. The van der Waals surface area contributed by atoms with Crippen LogP contribution in [0.4, 0.5) is 0 Å². The molecule has 0 aliphatic heterocycles. The van der Waals surface area contributed by atoms with Gasteiger partial charge in [0.1, 0.15) is 18.1 Å². The molecule has 3 rings (SSSR count). The van der Waals surface area contributed by atoms with E-state index in [9.17, 15) is 4.79 Å². The second-order valence-electron chi connectivity index (χ2n) is 4.84. The number of methoxy groups -OCH3 is 1. The van der Waals surface area contributed by atoms with Crippen LogP contribution >= 0.6 is 0 Å². The average Bonchev–Trinajstić information content (AvgIpc) is 3.29. The monoisotopic (exact) mass is 325 g/mol. The third-order valence-electron chi connectivity index (χ3n) is 3.22. The highest BCUT2D eigenvalue weighted by atomic mass is 16.5. The van der Waals surface area contributed by atoms with Crippen molar-refractivity contribution >= 4 is 12.0 Å². The fraction of sp³-hybridized carbons (Fsp3) is 0.111. The number of carbonyl (C=O) groups excluding carboxylic acids is 1. The van der Waals surface area contributed by atoms with E-state index in [1.807, 2.05) is 24.3 Å². The maximum atomic E-state index is 11.8. The summed E-state index contributed by atoms with van der Waals surface area (Å²) in [7, 11) is 1.58. The Morgan fingerprint density at radius 3 is 2.88 bits per heavy atom. The van der Waals surface area contributed by atoms with Gasteiger partial charge in [-0.2, -0.15) is 0 Å². The summed E-state index contributed by atoms with van der Waals surface area (Å²) in [5.41, 5.74) is 1.29. The van der Waals surface area contributed by atoms with Gasteiger partial charge < -0.3 is 18.4 Å². The number of hydrogen-bond acceptors (Lipinski definition) is 6. The summed E-state index contributed by atoms with van der Waals surface area (Å²) in [6, 6.07) is 12.5. The zero-order valence-corrected chi connectivity index (χ0v) is 13.0. The Kier molecular flexibility index (Phi) is 4.76. The summed E-state index contributed by atoms with van der Waals surface area (Å²) in [6.45, 7) is 0.0132. The predicted molar refractivity (Wildman–Crippen MR) is 86.0 cm³/mol. The maximum Gasteiger partial charge on any atom is 0.331 e. The Hall–Kier alpha value is -3.28. The Bertz CT molecular complexity index is 833. The van der Waals surface area contributed by atoms with Crippen molar-refractivity contribution in [2.45, 2.75) is 6.61 Å². The molecular weight excluding hydrogens is 310 g/mol. The lowest BCUT2D eigenvalue weighted by Crippen LogP contribution is -2.00. The van der Waals surface area contributed by atoms with Gasteiger partial charge in [-0.3, -0.25) is 0 Å². The van der Waals surface area contributed by atoms with Crippen LogP contribution in [-0.2, 0) is 16.1 Å². The summed E-state index contributed by atoms with van der Waals surface area (Å²) in [5, 5.41) is 3.83. The Morgan fingerprint density at radius 1 is 1.21 bits per heavy atom. The van der Waals surface area contributed by atoms with Gasteiger partial charge in [0.25, 0.3) is 0 Å². The normalized spacial score (nSPS) is 10.9. The van der Waals surface area contributed by atoms with E-state index in [4.69, 9.17) is 18.4 Å². The van der Waals surface area contributed by atoms with Crippen molar-refractivity contribution < 1.29 is 23.2 Å². The van der Waals surface area contributed by atoms with Crippen LogP contribution in [-0.4, -0.2) is 18.2 Å². The molecule has 2 heterocycles. The zero-order chi connectivity index (χ0) is 16.8. The average molecular weight is 325 g/mol. The van der Waals surface area contributed by atoms with Gasteiger partial charge in [-0.05, 0) is 24.3 Å². The van der Waals surface area contributed by atoms with E-state index in [0.717, 1.165) is 5.56 Å². The van der Waals surface area contributed by atoms with Crippen molar-refractivity contribution in [1.82, 2.24) is 5.16 Å². The minimum Gasteiger partial charge on any atom is -0.496 e. The lowest BCUT2D eigenvalue weighted by molar-refractivity contribution is -0.139. The van der Waals surface area contributed by atoms with Crippen LogP contribution in [0.1, 0.15) is 11.3 Å². The second kappa shape index (κ2) is 7.32. The van der Waals surface area contributed by atoms with E-state index in [1.165, 1.54) is 6.08 Å². The fourth-order valence-corrected chi connectivity index (χ4v) is 2.07. The molecule has 0 saturated heterocycles. The SMILES string of the molecule is COc1ccccc1/C=C/C(=O)OCc1cc(-c2ccco2)on1. The summed E-state index contributed by atoms with van der Waals surface area (Å²) in [4.78, 5) is 11.8. The van der Waals surface area contributed by atoms with E-state index in [1.54, 1.807) is 37.6 Å². The molecular formula is C18H15NO5. The molecule has 3 aromatic rings. The van der Waals surface area contributed by atoms with Crippen molar-refractivity contribution in [3.8, 4) is 17.3 Å². The van der Waals surface area contributed by atoms with Crippen LogP contribution in [0.5, 0.6) is 5.75 Å². The summed E-state index contributed by atoms with van der Waals surface area (Å²) >= 11 is 0. The van der Waals surface area contributed by atoms with Crippen LogP contribution in [0, 0.1) is 0 Å². The van der Waals surface area contributed by atoms with Gasteiger partial charge in [0.15, 0.2) is 5.76 Å². The van der Waals surface area contributed by atoms with Gasteiger partial charge in [0, 0.05) is 17.7 Å². The summed E-state index contributed by atoms with van der Waals surface area (Å²) < 4.78 is 20.7. The molecule has 0 bridgehead atoms. The van der Waals surface area contributed by atoms with Gasteiger partial charge in [0.05, 0.1) is 13.4 Å². The van der Waals surface area contributed by atoms with Crippen molar-refractivity contribution in [2.24, 2.45) is 0 Å². The highest BCUT2D eigenvalue weighted by Gasteiger charge is 2.10. The van der Waals surface area contributed by atoms with E-state index in [0.29, 0.717) is 23.0 Å². The first-order valence-electron chi connectivity index (χ1n) is 7.23. The molecule has 0 fully saturated rings. The van der Waals surface area contributed by atoms with Crippen molar-refractivity contribution in [1.29, 1.82) is 0 Å². The molecule has 24 heavy (non-hydrogen) atoms. The molecule has 122 valence electrons. The molecule has 0 spiro atoms. The van der Waals surface area contributed by atoms with Crippen molar-refractivity contribution in [3.05, 3.63) is 66.1 Å². The standard InChI is InChI=1S/C18H15NO5/c1-21-15-6-3-2-5-13(15)8-9-18(20)23-12-14-11-17(24-19-14)16-7-4-10-22-16/h2-11H,12H2,1H3/b9-8+. The lowest BCUT2D eigenvalue weighted by atomic mass is 10.2. The molecule has 1 aromatic carbocycles. The highest BCUT2D eigenvalue weighted by molar-refractivity contribution is 5.87. The number of rotatable bonds is 6. The number of hydrogen-bond donors (Lipinski definition) is 0. The van der Waals surface area contributed by atoms with Crippen molar-refractivity contribution in [2.75, 3.05) is 7.11 Å². The molecule has 0 unspecified atom stereocenters. The highest BCUT2D eigenvalue weighted by Crippen LogP contribution is 2.21. The lowest BCUT2D eigenvalue weighted by Gasteiger charge is -2.03. The third kappa shape index (κ3) is 3.73. The number of nitrogens with zero attached hydrogens (tertiary/aromatic N) is 1. The minimum atomic E-state index is -0.483. The van der Waals surface area contributed by atoms with E-state index >= 15 is 0 Å². The first-order valence-corrected chi connectivity index (χ1v) is 7.23. The van der Waals surface area contributed by atoms with Crippen LogP contribution in [0.2, 0.25) is 0 Å². The smallest absolute Gasteiger partial charge is 0.331 e. The van der Waals surface area contributed by atoms with Gasteiger partial charge in [-0.1, -0.05) is 23.4 Å². The second-order valence-corrected chi connectivity index (χ2v) is 4.84. The quantitative estimate of drug-likeness (QED) is 0.508. The molecule has 0 aliphatic carbocycles. The largest absolute Gasteiger partial charge is 0.496 e. The van der Waals surface area contributed by atoms with Gasteiger partial charge in [-0.25, -0.2) is 4.79 Å². The third-order valence-corrected chi connectivity index (χ3v) is 3.22. The number of ether oxygens (including phenoxy) is 2. The number of benzene rings is 1. The number of furan rings is 1. The van der Waals surface area contributed by atoms with E-state index in [-0.39, 0.29) is 6.61 Å². The van der Waals surface area contributed by atoms with Crippen LogP contribution < -0.4 is 4.74 Å². The zero-order valence-electron chi connectivity index (χ0n) is 13.0. The minimum absolute atomic E-state index is 0.0132. The van der Waals surface area contributed by atoms with Crippen LogP contribution in [0.3, 0.4) is 0 Å². The number of esters is 1. The maximum absolute atomic E-state index is 11.8. The van der Waals surface area contributed by atoms with E-state index in [2.05, 4.69) is 5.16 Å². The molecule has 2 aromatic heterocycles. The van der Waals surface area contributed by atoms with E-state index < -0.39 is 5.97 Å². The molecule has 0 atom stereocenters. The molecule has 0 N–H and O–H groups in total. The fourth-order valence-electron chi connectivity index (χ4n) is 2.07.